The van der Waals surface area contributed by atoms with Gasteiger partial charge >= 0.3 is 6.09 Å². The molecule has 0 aliphatic heterocycles. The average Bonchev–Trinajstić information content (AvgIpc) is 2.71. The molecule has 3 N–H and O–H groups in total. The lowest BCUT2D eigenvalue weighted by molar-refractivity contribution is 0.0952. The van der Waals surface area contributed by atoms with E-state index in [0.29, 0.717) is 11.4 Å². The number of carbonyl (C=O) groups is 2. The van der Waals surface area contributed by atoms with Crippen LogP contribution in [0, 0.1) is 0 Å². The molecule has 0 spiro atoms. The van der Waals surface area contributed by atoms with Crippen molar-refractivity contribution in [2.24, 2.45) is 0 Å². The molecule has 0 heterocycles. The van der Waals surface area contributed by atoms with Gasteiger partial charge in [-0.2, -0.15) is 0 Å². The molecule has 0 atom stereocenters. The van der Waals surface area contributed by atoms with Crippen molar-refractivity contribution in [3.05, 3.63) is 54.1 Å². The third kappa shape index (κ3) is 6.68. The van der Waals surface area contributed by atoms with E-state index in [1.54, 1.807) is 31.2 Å². The van der Waals surface area contributed by atoms with Crippen molar-refractivity contribution in [1.82, 2.24) is 10.6 Å². The highest BCUT2D eigenvalue weighted by atomic mass is 32.2. The zero-order valence-corrected chi connectivity index (χ0v) is 16.9. The minimum Gasteiger partial charge on any atom is -0.497 e. The van der Waals surface area contributed by atoms with E-state index in [1.165, 1.54) is 31.4 Å². The molecule has 10 heteroatoms. The number of amides is 2. The van der Waals surface area contributed by atoms with Crippen LogP contribution >= 0.6 is 0 Å². The van der Waals surface area contributed by atoms with Crippen molar-refractivity contribution in [2.45, 2.75) is 11.8 Å². The van der Waals surface area contributed by atoms with Gasteiger partial charge in [-0.1, -0.05) is 6.07 Å². The largest absolute Gasteiger partial charge is 0.497 e. The van der Waals surface area contributed by atoms with Gasteiger partial charge in [-0.3, -0.25) is 9.52 Å². The zero-order valence-electron chi connectivity index (χ0n) is 16.1. The van der Waals surface area contributed by atoms with E-state index in [1.807, 2.05) is 0 Å². The molecule has 0 bridgehead atoms. The predicted octanol–water partition coefficient (Wildman–Crippen LogP) is 1.97. The first-order chi connectivity index (χ1) is 13.9. The van der Waals surface area contributed by atoms with Crippen LogP contribution in [0.1, 0.15) is 17.3 Å². The number of ether oxygens (including phenoxy) is 2. The van der Waals surface area contributed by atoms with Crippen LogP contribution in [-0.4, -0.2) is 47.2 Å². The van der Waals surface area contributed by atoms with Crippen molar-refractivity contribution < 1.29 is 27.5 Å². The third-order valence-corrected chi connectivity index (χ3v) is 5.08. The summed E-state index contributed by atoms with van der Waals surface area (Å²) in [7, 11) is -2.36. The number of methoxy groups -OCH3 is 1. The summed E-state index contributed by atoms with van der Waals surface area (Å²) in [6.45, 7) is 2.29. The van der Waals surface area contributed by atoms with Gasteiger partial charge in [0, 0.05) is 24.3 Å². The summed E-state index contributed by atoms with van der Waals surface area (Å²) in [5.74, 6) is 0.140. The summed E-state index contributed by atoms with van der Waals surface area (Å²) in [6.07, 6.45) is -0.570. The molecule has 2 aromatic rings. The summed E-state index contributed by atoms with van der Waals surface area (Å²) < 4.78 is 37.4. The molecule has 0 saturated heterocycles. The summed E-state index contributed by atoms with van der Waals surface area (Å²) in [5, 5.41) is 5.07. The highest BCUT2D eigenvalue weighted by Gasteiger charge is 2.16. The number of anilines is 1. The normalized spacial score (nSPS) is 10.7. The number of hydrogen-bond donors (Lipinski definition) is 3. The van der Waals surface area contributed by atoms with Crippen LogP contribution < -0.4 is 20.1 Å². The Kier molecular flexibility index (Phi) is 7.84. The lowest BCUT2D eigenvalue weighted by atomic mass is 10.2. The van der Waals surface area contributed by atoms with Gasteiger partial charge in [0.2, 0.25) is 0 Å². The fourth-order valence-electron chi connectivity index (χ4n) is 2.30. The lowest BCUT2D eigenvalue weighted by Gasteiger charge is -2.10. The fourth-order valence-corrected chi connectivity index (χ4v) is 3.41. The minimum absolute atomic E-state index is 0.0504. The van der Waals surface area contributed by atoms with E-state index in [-0.39, 0.29) is 30.2 Å². The maximum Gasteiger partial charge on any atom is 0.407 e. The molecule has 0 saturated carbocycles. The molecule has 0 fully saturated rings. The van der Waals surface area contributed by atoms with Crippen LogP contribution in [0.4, 0.5) is 10.5 Å². The highest BCUT2D eigenvalue weighted by Crippen LogP contribution is 2.20. The van der Waals surface area contributed by atoms with Gasteiger partial charge in [0.15, 0.2) is 0 Å². The lowest BCUT2D eigenvalue weighted by Crippen LogP contribution is -2.35. The number of benzene rings is 2. The first-order valence-corrected chi connectivity index (χ1v) is 10.3. The van der Waals surface area contributed by atoms with Gasteiger partial charge in [-0.05, 0) is 49.4 Å². The van der Waals surface area contributed by atoms with Crippen LogP contribution in [0.25, 0.3) is 0 Å². The molecular formula is C19H23N3O6S. The Morgan fingerprint density at radius 1 is 1.00 bits per heavy atom. The van der Waals surface area contributed by atoms with Crippen LogP contribution in [0.3, 0.4) is 0 Å². The van der Waals surface area contributed by atoms with Crippen LogP contribution in [0.5, 0.6) is 5.75 Å². The molecule has 156 valence electrons. The smallest absolute Gasteiger partial charge is 0.407 e. The summed E-state index contributed by atoms with van der Waals surface area (Å²) >= 11 is 0. The van der Waals surface area contributed by atoms with E-state index in [9.17, 15) is 18.0 Å². The Bertz CT molecular complexity index is 945. The molecule has 0 aliphatic carbocycles. The molecule has 29 heavy (non-hydrogen) atoms. The molecule has 0 aromatic heterocycles. The maximum absolute atomic E-state index is 12.6. The predicted molar refractivity (Wildman–Crippen MR) is 108 cm³/mol. The molecule has 0 radical (unpaired) electrons. The number of alkyl carbamates (subject to hydrolysis) is 1. The minimum atomic E-state index is -3.88. The van der Waals surface area contributed by atoms with Crippen molar-refractivity contribution in [3.63, 3.8) is 0 Å². The Hall–Kier alpha value is -3.27. The van der Waals surface area contributed by atoms with Crippen LogP contribution in [0.2, 0.25) is 0 Å². The Morgan fingerprint density at radius 3 is 2.34 bits per heavy atom. The monoisotopic (exact) mass is 421 g/mol. The molecule has 2 amide bonds. The second-order valence-corrected chi connectivity index (χ2v) is 7.45. The average molecular weight is 421 g/mol. The maximum atomic E-state index is 12.6. The summed E-state index contributed by atoms with van der Waals surface area (Å²) in [4.78, 5) is 23.4. The number of hydrogen-bond acceptors (Lipinski definition) is 6. The van der Waals surface area contributed by atoms with E-state index in [2.05, 4.69) is 15.4 Å². The molecule has 2 rings (SSSR count). The Labute approximate surface area is 169 Å². The van der Waals surface area contributed by atoms with E-state index in [4.69, 9.17) is 9.47 Å². The van der Waals surface area contributed by atoms with Gasteiger partial charge in [0.1, 0.15) is 5.75 Å². The fraction of sp³-hybridized carbons (Fsp3) is 0.263. The van der Waals surface area contributed by atoms with Gasteiger partial charge in [0.25, 0.3) is 15.9 Å². The quantitative estimate of drug-likeness (QED) is 0.532. The van der Waals surface area contributed by atoms with Crippen molar-refractivity contribution in [2.75, 3.05) is 31.5 Å². The number of rotatable bonds is 9. The van der Waals surface area contributed by atoms with Crippen molar-refractivity contribution in [1.29, 1.82) is 0 Å². The molecule has 9 nitrogen and oxygen atoms in total. The van der Waals surface area contributed by atoms with Gasteiger partial charge in [-0.25, -0.2) is 13.2 Å². The Balaban J connectivity index is 1.99. The molecule has 0 aliphatic rings. The van der Waals surface area contributed by atoms with Crippen LogP contribution in [0.15, 0.2) is 53.4 Å². The topological polar surface area (TPSA) is 123 Å². The molecule has 2 aromatic carbocycles. The van der Waals surface area contributed by atoms with Crippen molar-refractivity contribution in [3.8, 4) is 5.75 Å². The first-order valence-electron chi connectivity index (χ1n) is 8.81. The summed E-state index contributed by atoms with van der Waals surface area (Å²) in [5.41, 5.74) is 0.546. The van der Waals surface area contributed by atoms with E-state index >= 15 is 0 Å². The molecular weight excluding hydrogens is 398 g/mol. The van der Waals surface area contributed by atoms with Gasteiger partial charge in [0.05, 0.1) is 18.6 Å². The third-order valence-electron chi connectivity index (χ3n) is 3.70. The van der Waals surface area contributed by atoms with E-state index < -0.39 is 22.0 Å². The summed E-state index contributed by atoms with van der Waals surface area (Å²) in [6, 6.07) is 12.1. The second kappa shape index (κ2) is 10.3. The molecule has 0 unspecified atom stereocenters. The SMILES string of the molecule is CCOC(=O)NCCNC(=O)c1cccc(S(=O)(=O)Nc2ccc(OC)cc2)c1. The number of nitrogens with one attached hydrogen (secondary N) is 3. The number of carbonyl (C=O) groups excluding carboxylic acids is 2. The van der Waals surface area contributed by atoms with Gasteiger partial charge in [-0.15, -0.1) is 0 Å². The highest BCUT2D eigenvalue weighted by molar-refractivity contribution is 7.92. The van der Waals surface area contributed by atoms with Gasteiger partial charge < -0.3 is 20.1 Å². The van der Waals surface area contributed by atoms with Crippen LogP contribution in [-0.2, 0) is 14.8 Å². The standard InChI is InChI=1S/C19H23N3O6S/c1-3-28-19(24)21-12-11-20-18(23)14-5-4-6-17(13-14)29(25,26)22-15-7-9-16(27-2)10-8-15/h4-10,13,22H,3,11-12H2,1-2H3,(H,20,23)(H,21,24). The second-order valence-electron chi connectivity index (χ2n) is 5.76. The Morgan fingerprint density at radius 2 is 1.69 bits per heavy atom. The van der Waals surface area contributed by atoms with Crippen molar-refractivity contribution >= 4 is 27.7 Å². The zero-order chi connectivity index (χ0) is 21.3. The van der Waals surface area contributed by atoms with E-state index in [0.717, 1.165) is 0 Å². The number of sulfonamides is 1. The first kappa shape index (κ1) is 22.0.